The zero-order valence-electron chi connectivity index (χ0n) is 8.98. The number of para-hydroxylation sites is 1. The van der Waals surface area contributed by atoms with Gasteiger partial charge in [-0.25, -0.2) is 0 Å². The first-order chi connectivity index (χ1) is 7.29. The van der Waals surface area contributed by atoms with E-state index in [2.05, 4.69) is 30.1 Å². The number of fused-ring (bicyclic) bond motifs is 1. The number of aromatic nitrogens is 1. The van der Waals surface area contributed by atoms with E-state index in [1.807, 2.05) is 18.2 Å². The van der Waals surface area contributed by atoms with Crippen LogP contribution >= 0.6 is 0 Å². The third-order valence-electron chi connectivity index (χ3n) is 2.62. The average molecular weight is 200 g/mol. The first-order valence-corrected chi connectivity index (χ1v) is 5.34. The minimum atomic E-state index is 0.499. The van der Waals surface area contributed by atoms with Gasteiger partial charge in [0.05, 0.1) is 5.52 Å². The second kappa shape index (κ2) is 4.41. The van der Waals surface area contributed by atoms with Gasteiger partial charge in [-0.05, 0) is 31.0 Å². The first-order valence-electron chi connectivity index (χ1n) is 5.34. The fourth-order valence-electron chi connectivity index (χ4n) is 1.66. The molecule has 78 valence electrons. The third kappa shape index (κ3) is 2.34. The van der Waals surface area contributed by atoms with E-state index in [1.54, 1.807) is 0 Å². The van der Waals surface area contributed by atoms with Gasteiger partial charge in [-0.2, -0.15) is 0 Å². The number of rotatable bonds is 3. The van der Waals surface area contributed by atoms with Gasteiger partial charge in [-0.15, -0.1) is 0 Å². The second-order valence-electron chi connectivity index (χ2n) is 4.04. The van der Waals surface area contributed by atoms with Crippen LogP contribution in [0.3, 0.4) is 0 Å². The minimum absolute atomic E-state index is 0.499. The van der Waals surface area contributed by atoms with Crippen molar-refractivity contribution in [2.75, 3.05) is 6.54 Å². The van der Waals surface area contributed by atoms with Crippen molar-refractivity contribution in [2.24, 2.45) is 11.7 Å². The normalized spacial score (nSPS) is 12.9. The SMILES string of the molecule is C[C@H](CN)Cc1ccc2ccccc2n1. The highest BCUT2D eigenvalue weighted by Gasteiger charge is 2.03. The molecule has 0 aliphatic rings. The van der Waals surface area contributed by atoms with Gasteiger partial charge in [0.25, 0.3) is 0 Å². The molecule has 1 aromatic carbocycles. The van der Waals surface area contributed by atoms with E-state index in [9.17, 15) is 0 Å². The zero-order chi connectivity index (χ0) is 10.7. The van der Waals surface area contributed by atoms with Crippen molar-refractivity contribution in [3.05, 3.63) is 42.1 Å². The molecule has 0 bridgehead atoms. The topological polar surface area (TPSA) is 38.9 Å². The van der Waals surface area contributed by atoms with Crippen molar-refractivity contribution in [3.8, 4) is 0 Å². The molecule has 0 saturated heterocycles. The molecule has 0 aliphatic heterocycles. The largest absolute Gasteiger partial charge is 0.330 e. The molecule has 2 heteroatoms. The Hall–Kier alpha value is -1.41. The fraction of sp³-hybridized carbons (Fsp3) is 0.308. The number of nitrogens with two attached hydrogens (primary N) is 1. The molecule has 2 rings (SSSR count). The summed E-state index contributed by atoms with van der Waals surface area (Å²) in [5, 5.41) is 1.20. The average Bonchev–Trinajstić information content (AvgIpc) is 2.29. The second-order valence-corrected chi connectivity index (χ2v) is 4.04. The smallest absolute Gasteiger partial charge is 0.0705 e. The predicted molar refractivity (Wildman–Crippen MR) is 63.7 cm³/mol. The maximum atomic E-state index is 5.60. The van der Waals surface area contributed by atoms with Crippen LogP contribution < -0.4 is 5.73 Å². The first kappa shape index (κ1) is 10.1. The molecule has 0 radical (unpaired) electrons. The van der Waals surface area contributed by atoms with E-state index >= 15 is 0 Å². The van der Waals surface area contributed by atoms with Crippen molar-refractivity contribution in [1.29, 1.82) is 0 Å². The van der Waals surface area contributed by atoms with Crippen LogP contribution in [0, 0.1) is 5.92 Å². The van der Waals surface area contributed by atoms with E-state index in [4.69, 9.17) is 5.73 Å². The maximum Gasteiger partial charge on any atom is 0.0705 e. The van der Waals surface area contributed by atoms with Crippen LogP contribution in [-0.2, 0) is 6.42 Å². The van der Waals surface area contributed by atoms with Crippen LogP contribution in [0.15, 0.2) is 36.4 Å². The summed E-state index contributed by atoms with van der Waals surface area (Å²) in [6, 6.07) is 12.4. The molecule has 0 aliphatic carbocycles. The summed E-state index contributed by atoms with van der Waals surface area (Å²) >= 11 is 0. The Balaban J connectivity index is 2.30. The van der Waals surface area contributed by atoms with Crippen LogP contribution in [-0.4, -0.2) is 11.5 Å². The monoisotopic (exact) mass is 200 g/mol. The van der Waals surface area contributed by atoms with E-state index in [0.29, 0.717) is 12.5 Å². The fourth-order valence-corrected chi connectivity index (χ4v) is 1.66. The minimum Gasteiger partial charge on any atom is -0.330 e. The van der Waals surface area contributed by atoms with Crippen LogP contribution in [0.1, 0.15) is 12.6 Å². The third-order valence-corrected chi connectivity index (χ3v) is 2.62. The molecule has 0 spiro atoms. The maximum absolute atomic E-state index is 5.60. The van der Waals surface area contributed by atoms with Crippen LogP contribution in [0.4, 0.5) is 0 Å². The van der Waals surface area contributed by atoms with Crippen molar-refractivity contribution in [2.45, 2.75) is 13.3 Å². The van der Waals surface area contributed by atoms with Gasteiger partial charge in [0.15, 0.2) is 0 Å². The molecule has 1 aromatic heterocycles. The highest BCUT2D eigenvalue weighted by molar-refractivity contribution is 5.78. The highest BCUT2D eigenvalue weighted by Crippen LogP contribution is 2.13. The molecule has 1 atom stereocenters. The van der Waals surface area contributed by atoms with E-state index in [-0.39, 0.29) is 0 Å². The summed E-state index contributed by atoms with van der Waals surface area (Å²) < 4.78 is 0. The van der Waals surface area contributed by atoms with E-state index in [0.717, 1.165) is 17.6 Å². The molecule has 0 unspecified atom stereocenters. The van der Waals surface area contributed by atoms with Gasteiger partial charge in [-0.3, -0.25) is 4.98 Å². The van der Waals surface area contributed by atoms with Gasteiger partial charge in [0, 0.05) is 11.1 Å². The Morgan fingerprint density at radius 3 is 2.80 bits per heavy atom. The summed E-state index contributed by atoms with van der Waals surface area (Å²) in [5.74, 6) is 0.499. The van der Waals surface area contributed by atoms with E-state index in [1.165, 1.54) is 5.39 Å². The standard InChI is InChI=1S/C13H16N2/c1-10(9-14)8-12-7-6-11-4-2-3-5-13(11)15-12/h2-7,10H,8-9,14H2,1H3/t10-/m0/s1. The molecule has 15 heavy (non-hydrogen) atoms. The molecule has 0 saturated carbocycles. The van der Waals surface area contributed by atoms with Crippen molar-refractivity contribution < 1.29 is 0 Å². The van der Waals surface area contributed by atoms with Crippen LogP contribution in [0.25, 0.3) is 10.9 Å². The molecular formula is C13H16N2. The molecule has 2 aromatic rings. The summed E-state index contributed by atoms with van der Waals surface area (Å²) in [5.41, 5.74) is 7.80. The molecular weight excluding hydrogens is 184 g/mol. The highest BCUT2D eigenvalue weighted by atomic mass is 14.7. The summed E-state index contributed by atoms with van der Waals surface area (Å²) in [7, 11) is 0. The Bertz CT molecular complexity index is 451. The van der Waals surface area contributed by atoms with Crippen molar-refractivity contribution >= 4 is 10.9 Å². The molecule has 0 amide bonds. The van der Waals surface area contributed by atoms with Crippen molar-refractivity contribution in [1.82, 2.24) is 4.98 Å². The molecule has 2 N–H and O–H groups in total. The summed E-state index contributed by atoms with van der Waals surface area (Å²) in [6.07, 6.45) is 0.960. The van der Waals surface area contributed by atoms with Gasteiger partial charge >= 0.3 is 0 Å². The van der Waals surface area contributed by atoms with Gasteiger partial charge in [0.1, 0.15) is 0 Å². The Morgan fingerprint density at radius 1 is 1.20 bits per heavy atom. The lowest BCUT2D eigenvalue weighted by Crippen LogP contribution is -2.13. The summed E-state index contributed by atoms with van der Waals surface area (Å²) in [4.78, 5) is 4.61. The van der Waals surface area contributed by atoms with Crippen LogP contribution in [0.5, 0.6) is 0 Å². The Morgan fingerprint density at radius 2 is 2.00 bits per heavy atom. The lowest BCUT2D eigenvalue weighted by atomic mass is 10.0. The van der Waals surface area contributed by atoms with Gasteiger partial charge in [-0.1, -0.05) is 31.2 Å². The number of benzene rings is 1. The lowest BCUT2D eigenvalue weighted by Gasteiger charge is -2.08. The molecule has 2 nitrogen and oxygen atoms in total. The van der Waals surface area contributed by atoms with E-state index < -0.39 is 0 Å². The lowest BCUT2D eigenvalue weighted by molar-refractivity contribution is 0.585. The van der Waals surface area contributed by atoms with Gasteiger partial charge < -0.3 is 5.73 Å². The van der Waals surface area contributed by atoms with Crippen molar-refractivity contribution in [3.63, 3.8) is 0 Å². The predicted octanol–water partition coefficient (Wildman–Crippen LogP) is 2.37. The quantitative estimate of drug-likeness (QED) is 0.826. The molecule has 1 heterocycles. The number of hydrogen-bond acceptors (Lipinski definition) is 2. The Labute approximate surface area is 90.1 Å². The number of nitrogens with zero attached hydrogens (tertiary/aromatic N) is 1. The number of hydrogen-bond donors (Lipinski definition) is 1. The molecule has 0 fully saturated rings. The van der Waals surface area contributed by atoms with Gasteiger partial charge in [0.2, 0.25) is 0 Å². The summed E-state index contributed by atoms with van der Waals surface area (Å²) in [6.45, 7) is 2.87. The van der Waals surface area contributed by atoms with Crippen LogP contribution in [0.2, 0.25) is 0 Å². The Kier molecular flexibility index (Phi) is 2.97. The number of pyridine rings is 1. The zero-order valence-corrected chi connectivity index (χ0v) is 8.98.